The van der Waals surface area contributed by atoms with Crippen molar-refractivity contribution in [2.75, 3.05) is 5.32 Å². The molecule has 0 spiro atoms. The fourth-order valence-corrected chi connectivity index (χ4v) is 2.57. The van der Waals surface area contributed by atoms with Crippen LogP contribution >= 0.6 is 11.6 Å². The molecule has 0 saturated heterocycles. The van der Waals surface area contributed by atoms with Gasteiger partial charge in [0.1, 0.15) is 0 Å². The number of rotatable bonds is 2. The summed E-state index contributed by atoms with van der Waals surface area (Å²) in [6.45, 7) is 1.90. The minimum absolute atomic E-state index is 0.159. The average Bonchev–Trinajstić information content (AvgIpc) is 2.52. The van der Waals surface area contributed by atoms with E-state index in [1.807, 2.05) is 43.3 Å². The van der Waals surface area contributed by atoms with Gasteiger partial charge in [-0.1, -0.05) is 29.8 Å². The third-order valence-electron chi connectivity index (χ3n) is 3.31. The predicted octanol–water partition coefficient (Wildman–Crippen LogP) is 4.45. The molecule has 3 nitrogen and oxygen atoms in total. The fourth-order valence-electron chi connectivity index (χ4n) is 2.26. The van der Waals surface area contributed by atoms with Gasteiger partial charge < -0.3 is 5.32 Å². The van der Waals surface area contributed by atoms with Crippen LogP contribution in [0.5, 0.6) is 0 Å². The van der Waals surface area contributed by atoms with Crippen LogP contribution in [0.25, 0.3) is 10.9 Å². The highest BCUT2D eigenvalue weighted by Gasteiger charge is 2.13. The molecule has 104 valence electrons. The van der Waals surface area contributed by atoms with E-state index in [0.29, 0.717) is 21.8 Å². The number of amides is 1. The van der Waals surface area contributed by atoms with Gasteiger partial charge in [0.25, 0.3) is 5.91 Å². The van der Waals surface area contributed by atoms with Crippen LogP contribution < -0.4 is 5.32 Å². The van der Waals surface area contributed by atoms with E-state index in [2.05, 4.69) is 10.3 Å². The van der Waals surface area contributed by atoms with Gasteiger partial charge in [-0.25, -0.2) is 0 Å². The van der Waals surface area contributed by atoms with Gasteiger partial charge in [-0.15, -0.1) is 0 Å². The maximum absolute atomic E-state index is 12.3. The van der Waals surface area contributed by atoms with Crippen molar-refractivity contribution in [3.63, 3.8) is 0 Å². The van der Waals surface area contributed by atoms with Crippen molar-refractivity contribution in [3.8, 4) is 0 Å². The van der Waals surface area contributed by atoms with E-state index in [9.17, 15) is 4.79 Å². The zero-order valence-corrected chi connectivity index (χ0v) is 12.2. The molecule has 0 saturated carbocycles. The number of fused-ring (bicyclic) bond motifs is 1. The molecule has 1 N–H and O–H groups in total. The summed E-state index contributed by atoms with van der Waals surface area (Å²) in [4.78, 5) is 16.7. The number of hydrogen-bond donors (Lipinski definition) is 1. The van der Waals surface area contributed by atoms with E-state index in [0.717, 1.165) is 10.9 Å². The molecule has 0 bridgehead atoms. The second kappa shape index (κ2) is 5.54. The van der Waals surface area contributed by atoms with Crippen LogP contribution in [-0.2, 0) is 0 Å². The van der Waals surface area contributed by atoms with Crippen LogP contribution in [0.2, 0.25) is 5.02 Å². The monoisotopic (exact) mass is 296 g/mol. The molecular weight excluding hydrogens is 284 g/mol. The number of pyridine rings is 1. The minimum Gasteiger partial charge on any atom is -0.320 e. The normalized spacial score (nSPS) is 10.6. The molecule has 0 unspecified atom stereocenters. The molecule has 0 radical (unpaired) electrons. The lowest BCUT2D eigenvalue weighted by Crippen LogP contribution is -2.13. The molecular formula is C17H13ClN2O. The van der Waals surface area contributed by atoms with Crippen molar-refractivity contribution in [2.24, 2.45) is 0 Å². The van der Waals surface area contributed by atoms with E-state index in [1.54, 1.807) is 18.3 Å². The Balaban J connectivity index is 2.07. The van der Waals surface area contributed by atoms with Gasteiger partial charge in [-0.2, -0.15) is 0 Å². The number of nitrogens with one attached hydrogen (secondary N) is 1. The number of halogens is 1. The second-order valence-electron chi connectivity index (χ2n) is 4.77. The van der Waals surface area contributed by atoms with Gasteiger partial charge in [-0.3, -0.25) is 9.78 Å². The molecule has 0 atom stereocenters. The number of aromatic nitrogens is 1. The summed E-state index contributed by atoms with van der Waals surface area (Å²) in [6.07, 6.45) is 1.69. The molecule has 0 aliphatic heterocycles. The third-order valence-corrected chi connectivity index (χ3v) is 3.63. The summed E-state index contributed by atoms with van der Waals surface area (Å²) >= 11 is 6.24. The zero-order chi connectivity index (χ0) is 14.8. The summed E-state index contributed by atoms with van der Waals surface area (Å²) in [5.74, 6) is -0.159. The second-order valence-corrected chi connectivity index (χ2v) is 5.18. The quantitative estimate of drug-likeness (QED) is 0.759. The minimum atomic E-state index is -0.159. The predicted molar refractivity (Wildman–Crippen MR) is 85.9 cm³/mol. The van der Waals surface area contributed by atoms with E-state index in [4.69, 9.17) is 11.6 Å². The van der Waals surface area contributed by atoms with E-state index in [-0.39, 0.29) is 5.91 Å². The first kappa shape index (κ1) is 13.6. The largest absolute Gasteiger partial charge is 0.320 e. The Bertz CT molecular complexity index is 816. The molecule has 21 heavy (non-hydrogen) atoms. The highest BCUT2D eigenvalue weighted by molar-refractivity contribution is 6.36. The number of carbonyl (C=O) groups excluding carboxylic acids is 1. The van der Waals surface area contributed by atoms with E-state index >= 15 is 0 Å². The molecule has 0 fully saturated rings. The Morgan fingerprint density at radius 1 is 1.14 bits per heavy atom. The molecule has 2 aromatic carbocycles. The van der Waals surface area contributed by atoms with Crippen molar-refractivity contribution < 1.29 is 4.79 Å². The Hall–Kier alpha value is -2.39. The molecule has 1 amide bonds. The standard InChI is InChI=1S/C17H13ClN2O/c1-11-10-14(18)13-8-5-9-19-16(13)15(11)20-17(21)12-6-3-2-4-7-12/h2-10H,1H3,(H,20,21). The fraction of sp³-hybridized carbons (Fsp3) is 0.0588. The van der Waals surface area contributed by atoms with Gasteiger partial charge in [0.05, 0.1) is 16.2 Å². The van der Waals surface area contributed by atoms with Crippen molar-refractivity contribution in [2.45, 2.75) is 6.92 Å². The summed E-state index contributed by atoms with van der Waals surface area (Å²) in [7, 11) is 0. The summed E-state index contributed by atoms with van der Waals surface area (Å²) in [6, 6.07) is 14.6. The van der Waals surface area contributed by atoms with Crippen LogP contribution in [0.3, 0.4) is 0 Å². The summed E-state index contributed by atoms with van der Waals surface area (Å²) < 4.78 is 0. The topological polar surface area (TPSA) is 42.0 Å². The smallest absolute Gasteiger partial charge is 0.255 e. The first-order valence-electron chi connectivity index (χ1n) is 6.57. The van der Waals surface area contributed by atoms with Crippen LogP contribution in [0, 0.1) is 6.92 Å². The van der Waals surface area contributed by atoms with Gasteiger partial charge in [0.2, 0.25) is 0 Å². The maximum Gasteiger partial charge on any atom is 0.255 e. The van der Waals surface area contributed by atoms with Gasteiger partial charge in [0.15, 0.2) is 0 Å². The highest BCUT2D eigenvalue weighted by atomic mass is 35.5. The van der Waals surface area contributed by atoms with Crippen molar-refractivity contribution in [1.29, 1.82) is 0 Å². The first-order chi connectivity index (χ1) is 10.2. The van der Waals surface area contributed by atoms with Gasteiger partial charge >= 0.3 is 0 Å². The third kappa shape index (κ3) is 2.60. The zero-order valence-electron chi connectivity index (χ0n) is 11.4. The molecule has 0 aliphatic rings. The Morgan fingerprint density at radius 3 is 2.67 bits per heavy atom. The number of benzene rings is 2. The van der Waals surface area contributed by atoms with E-state index in [1.165, 1.54) is 0 Å². The van der Waals surface area contributed by atoms with Gasteiger partial charge in [0, 0.05) is 17.1 Å². The van der Waals surface area contributed by atoms with Crippen LogP contribution in [0.1, 0.15) is 15.9 Å². The van der Waals surface area contributed by atoms with Crippen LogP contribution in [0.15, 0.2) is 54.7 Å². The molecule has 0 aliphatic carbocycles. The van der Waals surface area contributed by atoms with E-state index < -0.39 is 0 Å². The lowest BCUT2D eigenvalue weighted by molar-refractivity contribution is 0.102. The number of aryl methyl sites for hydroxylation is 1. The number of hydrogen-bond acceptors (Lipinski definition) is 2. The molecule has 3 rings (SSSR count). The van der Waals surface area contributed by atoms with Crippen molar-refractivity contribution >= 4 is 34.1 Å². The van der Waals surface area contributed by atoms with Crippen LogP contribution in [0.4, 0.5) is 5.69 Å². The lowest BCUT2D eigenvalue weighted by Gasteiger charge is -2.12. The van der Waals surface area contributed by atoms with Crippen molar-refractivity contribution in [1.82, 2.24) is 4.98 Å². The number of anilines is 1. The van der Waals surface area contributed by atoms with Gasteiger partial charge in [-0.05, 0) is 42.8 Å². The maximum atomic E-state index is 12.3. The first-order valence-corrected chi connectivity index (χ1v) is 6.95. The summed E-state index contributed by atoms with van der Waals surface area (Å²) in [5, 5.41) is 4.40. The highest BCUT2D eigenvalue weighted by Crippen LogP contribution is 2.31. The molecule has 3 aromatic rings. The van der Waals surface area contributed by atoms with Crippen molar-refractivity contribution in [3.05, 3.63) is 70.9 Å². The number of carbonyl (C=O) groups is 1. The molecule has 1 heterocycles. The average molecular weight is 297 g/mol. The Labute approximate surface area is 127 Å². The lowest BCUT2D eigenvalue weighted by atomic mass is 10.1. The molecule has 4 heteroatoms. The molecule has 1 aromatic heterocycles. The summed E-state index contributed by atoms with van der Waals surface area (Å²) in [5.41, 5.74) is 2.89. The SMILES string of the molecule is Cc1cc(Cl)c2cccnc2c1NC(=O)c1ccccc1. The Morgan fingerprint density at radius 2 is 1.90 bits per heavy atom. The Kier molecular flexibility index (Phi) is 3.59. The number of nitrogens with zero attached hydrogens (tertiary/aromatic N) is 1. The van der Waals surface area contributed by atoms with Crippen LogP contribution in [-0.4, -0.2) is 10.9 Å².